The molecular weight excluding hydrogens is 445 g/mol. The Morgan fingerprint density at radius 2 is 1.93 bits per heavy atom. The SMILES string of the molecule is Cl.ClC1=CCN=c2c3c([nH]c2=C1C1CCC(Oc2cncc(Cl)c2)CC1)C=NNC3. The van der Waals surface area contributed by atoms with E-state index < -0.39 is 0 Å². The molecule has 0 bridgehead atoms. The van der Waals surface area contributed by atoms with Crippen molar-refractivity contribution in [2.45, 2.75) is 38.3 Å². The molecule has 2 N–H and O–H groups in total. The molecule has 2 aromatic rings. The standard InChI is InChI=1S/C21H21Cl2N5O.ClH/c22-13-7-15(9-24-8-13)29-14-3-1-12(2-4-14)19-17(23)5-6-25-20-16-10-26-27-11-18(16)28-21(19)20;/h5,7-9,11-12,14,26,28H,1-4,6,10H2;1H. The molecule has 0 amide bonds. The second kappa shape index (κ2) is 9.00. The summed E-state index contributed by atoms with van der Waals surface area (Å²) in [7, 11) is 0. The number of aromatic amines is 1. The number of H-pyrrole nitrogens is 1. The summed E-state index contributed by atoms with van der Waals surface area (Å²) in [5.74, 6) is 1.10. The van der Waals surface area contributed by atoms with Crippen LogP contribution in [0.3, 0.4) is 0 Å². The van der Waals surface area contributed by atoms with Crippen LogP contribution in [-0.4, -0.2) is 28.8 Å². The first-order valence-electron chi connectivity index (χ1n) is 9.87. The van der Waals surface area contributed by atoms with E-state index in [1.165, 1.54) is 5.57 Å². The van der Waals surface area contributed by atoms with Gasteiger partial charge < -0.3 is 15.1 Å². The summed E-state index contributed by atoms with van der Waals surface area (Å²) in [5.41, 5.74) is 6.39. The fourth-order valence-corrected chi connectivity index (χ4v) is 4.89. The van der Waals surface area contributed by atoms with Crippen molar-refractivity contribution in [2.75, 3.05) is 6.54 Å². The molecule has 0 spiro atoms. The smallest absolute Gasteiger partial charge is 0.139 e. The molecule has 0 saturated heterocycles. The van der Waals surface area contributed by atoms with Gasteiger partial charge in [-0.25, -0.2) is 0 Å². The Balaban J connectivity index is 0.00000218. The van der Waals surface area contributed by atoms with Crippen LogP contribution in [0.5, 0.6) is 5.75 Å². The lowest BCUT2D eigenvalue weighted by atomic mass is 9.82. The molecular formula is C21H22Cl3N5O. The molecule has 2 aliphatic heterocycles. The summed E-state index contributed by atoms with van der Waals surface area (Å²) >= 11 is 12.8. The van der Waals surface area contributed by atoms with Crippen LogP contribution in [0.1, 0.15) is 36.9 Å². The van der Waals surface area contributed by atoms with Gasteiger partial charge in [0.2, 0.25) is 0 Å². The van der Waals surface area contributed by atoms with Gasteiger partial charge in [-0.05, 0) is 43.3 Å². The van der Waals surface area contributed by atoms with E-state index in [2.05, 4.69) is 20.5 Å². The highest BCUT2D eigenvalue weighted by Gasteiger charge is 2.28. The predicted octanol–water partition coefficient (Wildman–Crippen LogP) is 3.47. The highest BCUT2D eigenvalue weighted by molar-refractivity contribution is 6.35. The number of aromatic nitrogens is 2. The fourth-order valence-electron chi connectivity index (χ4n) is 4.41. The zero-order valence-corrected chi connectivity index (χ0v) is 18.5. The van der Waals surface area contributed by atoms with Crippen molar-refractivity contribution in [1.29, 1.82) is 0 Å². The summed E-state index contributed by atoms with van der Waals surface area (Å²) in [5, 5.41) is 7.62. The van der Waals surface area contributed by atoms with Crippen LogP contribution in [0.4, 0.5) is 0 Å². The molecule has 3 aliphatic rings. The highest BCUT2D eigenvalue weighted by atomic mass is 35.5. The summed E-state index contributed by atoms with van der Waals surface area (Å²) in [6, 6.07) is 1.81. The molecule has 4 heterocycles. The minimum atomic E-state index is 0. The minimum Gasteiger partial charge on any atom is -0.489 e. The molecule has 0 aromatic carbocycles. The number of ether oxygens (including phenoxy) is 1. The largest absolute Gasteiger partial charge is 0.489 e. The fraction of sp³-hybridized carbons (Fsp3) is 0.381. The average Bonchev–Trinajstić information content (AvgIpc) is 2.99. The van der Waals surface area contributed by atoms with Crippen LogP contribution in [0.2, 0.25) is 5.02 Å². The van der Waals surface area contributed by atoms with Gasteiger partial charge in [-0.2, -0.15) is 5.10 Å². The van der Waals surface area contributed by atoms with Crippen LogP contribution in [-0.2, 0) is 6.54 Å². The van der Waals surface area contributed by atoms with Crippen LogP contribution < -0.4 is 20.9 Å². The Morgan fingerprint density at radius 3 is 2.73 bits per heavy atom. The maximum atomic E-state index is 6.74. The second-order valence-electron chi connectivity index (χ2n) is 7.57. The van der Waals surface area contributed by atoms with Crippen LogP contribution in [0.25, 0.3) is 5.57 Å². The molecule has 1 saturated carbocycles. The van der Waals surface area contributed by atoms with Crippen molar-refractivity contribution in [3.8, 4) is 5.75 Å². The quantitative estimate of drug-likeness (QED) is 0.727. The van der Waals surface area contributed by atoms with E-state index in [0.717, 1.165) is 58.4 Å². The Hall–Kier alpha value is -2.02. The molecule has 0 radical (unpaired) electrons. The minimum absolute atomic E-state index is 0. The van der Waals surface area contributed by atoms with Gasteiger partial charge in [0, 0.05) is 22.9 Å². The maximum absolute atomic E-state index is 6.74. The zero-order valence-electron chi connectivity index (χ0n) is 16.2. The van der Waals surface area contributed by atoms with E-state index in [1.54, 1.807) is 12.4 Å². The zero-order chi connectivity index (χ0) is 19.8. The molecule has 30 heavy (non-hydrogen) atoms. The number of nitrogens with one attached hydrogen (secondary N) is 2. The molecule has 5 rings (SSSR count). The topological polar surface area (TPSA) is 74.7 Å². The van der Waals surface area contributed by atoms with E-state index >= 15 is 0 Å². The van der Waals surface area contributed by atoms with Crippen molar-refractivity contribution in [3.63, 3.8) is 0 Å². The average molecular weight is 467 g/mol. The molecule has 158 valence electrons. The third-order valence-electron chi connectivity index (χ3n) is 5.76. The van der Waals surface area contributed by atoms with Crippen molar-refractivity contribution in [3.05, 3.63) is 56.6 Å². The highest BCUT2D eigenvalue weighted by Crippen LogP contribution is 2.36. The van der Waals surface area contributed by atoms with Crippen molar-refractivity contribution in [2.24, 2.45) is 16.0 Å². The van der Waals surface area contributed by atoms with Gasteiger partial charge in [0.25, 0.3) is 0 Å². The van der Waals surface area contributed by atoms with Gasteiger partial charge in [-0.3, -0.25) is 9.98 Å². The lowest BCUT2D eigenvalue weighted by Gasteiger charge is -2.30. The maximum Gasteiger partial charge on any atom is 0.139 e. The van der Waals surface area contributed by atoms with E-state index in [4.69, 9.17) is 32.9 Å². The predicted molar refractivity (Wildman–Crippen MR) is 121 cm³/mol. The first-order chi connectivity index (χ1) is 14.2. The van der Waals surface area contributed by atoms with Crippen LogP contribution in [0, 0.1) is 5.92 Å². The number of allylic oxidation sites excluding steroid dienone is 1. The summed E-state index contributed by atoms with van der Waals surface area (Å²) in [6.07, 6.45) is 11.3. The number of halogens is 3. The number of pyridine rings is 1. The first-order valence-corrected chi connectivity index (χ1v) is 10.6. The number of hydrazone groups is 1. The van der Waals surface area contributed by atoms with Gasteiger partial charge in [0.15, 0.2) is 0 Å². The van der Waals surface area contributed by atoms with Crippen LogP contribution >= 0.6 is 35.6 Å². The Kier molecular flexibility index (Phi) is 6.37. The van der Waals surface area contributed by atoms with Crippen molar-refractivity contribution >= 4 is 47.4 Å². The number of nitrogens with zero attached hydrogens (tertiary/aromatic N) is 3. The van der Waals surface area contributed by atoms with Gasteiger partial charge >= 0.3 is 0 Å². The van der Waals surface area contributed by atoms with Crippen molar-refractivity contribution < 1.29 is 4.74 Å². The van der Waals surface area contributed by atoms with E-state index in [-0.39, 0.29) is 18.5 Å². The third-order valence-corrected chi connectivity index (χ3v) is 6.32. The number of fused-ring (bicyclic) bond motifs is 3. The Bertz CT molecular complexity index is 1120. The second-order valence-corrected chi connectivity index (χ2v) is 8.41. The number of hydrogen-bond acceptors (Lipinski definition) is 5. The van der Waals surface area contributed by atoms with Gasteiger partial charge in [0.1, 0.15) is 5.75 Å². The molecule has 1 aliphatic carbocycles. The van der Waals surface area contributed by atoms with Gasteiger partial charge in [-0.1, -0.05) is 23.2 Å². The molecule has 1 fully saturated rings. The third kappa shape index (κ3) is 4.09. The number of hydrogen-bond donors (Lipinski definition) is 2. The molecule has 6 nitrogen and oxygen atoms in total. The lowest BCUT2D eigenvalue weighted by Crippen LogP contribution is -2.33. The molecule has 2 aromatic heterocycles. The van der Waals surface area contributed by atoms with Gasteiger partial charge in [0.05, 0.1) is 53.0 Å². The van der Waals surface area contributed by atoms with Gasteiger partial charge in [-0.15, -0.1) is 12.4 Å². The van der Waals surface area contributed by atoms with E-state index in [0.29, 0.717) is 24.0 Å². The van der Waals surface area contributed by atoms with E-state index in [9.17, 15) is 0 Å². The normalized spacial score (nSPS) is 22.5. The van der Waals surface area contributed by atoms with Crippen LogP contribution in [0.15, 0.2) is 39.7 Å². The summed E-state index contributed by atoms with van der Waals surface area (Å²) < 4.78 is 6.10. The van der Waals surface area contributed by atoms with Crippen molar-refractivity contribution in [1.82, 2.24) is 15.4 Å². The molecule has 0 unspecified atom stereocenters. The Labute approximate surface area is 190 Å². The summed E-state index contributed by atoms with van der Waals surface area (Å²) in [4.78, 5) is 12.4. The monoisotopic (exact) mass is 465 g/mol. The van der Waals surface area contributed by atoms with E-state index in [1.807, 2.05) is 18.4 Å². The Morgan fingerprint density at radius 1 is 1.10 bits per heavy atom. The number of rotatable bonds is 3. The molecule has 9 heteroatoms. The molecule has 0 atom stereocenters. The summed E-state index contributed by atoms with van der Waals surface area (Å²) in [6.45, 7) is 1.28. The first kappa shape index (κ1) is 21.2. The lowest BCUT2D eigenvalue weighted by molar-refractivity contribution is 0.142.